The zero-order valence-corrected chi connectivity index (χ0v) is 19.1. The molecule has 0 saturated carbocycles. The van der Waals surface area contributed by atoms with Crippen LogP contribution in [0.2, 0.25) is 18.1 Å². The fraction of sp³-hybridized carbons (Fsp3) is 0.684. The molecule has 0 aromatic heterocycles. The van der Waals surface area contributed by atoms with Crippen molar-refractivity contribution in [2.24, 2.45) is 5.11 Å². The van der Waals surface area contributed by atoms with E-state index < -0.39 is 14.4 Å². The highest BCUT2D eigenvalue weighted by Crippen LogP contribution is 2.40. The van der Waals surface area contributed by atoms with Crippen LogP contribution in [0.4, 0.5) is 0 Å². The maximum Gasteiger partial charge on any atom is 0.192 e. The van der Waals surface area contributed by atoms with Gasteiger partial charge in [-0.1, -0.05) is 55.3 Å². The minimum Gasteiger partial charge on any atom is -0.414 e. The number of rotatable bonds is 7. The summed E-state index contributed by atoms with van der Waals surface area (Å²) >= 11 is 1.56. The van der Waals surface area contributed by atoms with E-state index in [9.17, 15) is 0 Å². The van der Waals surface area contributed by atoms with Crippen LogP contribution in [0, 0.1) is 6.92 Å². The van der Waals surface area contributed by atoms with Crippen molar-refractivity contribution in [2.75, 3.05) is 13.7 Å². The van der Waals surface area contributed by atoms with Gasteiger partial charge in [-0.3, -0.25) is 0 Å². The van der Waals surface area contributed by atoms with Crippen LogP contribution in [0.1, 0.15) is 26.3 Å². The van der Waals surface area contributed by atoms with Gasteiger partial charge in [0, 0.05) is 16.9 Å². The second kappa shape index (κ2) is 8.98. The van der Waals surface area contributed by atoms with Crippen molar-refractivity contribution in [2.45, 2.75) is 74.4 Å². The molecule has 1 aromatic rings. The minimum atomic E-state index is -1.90. The monoisotopic (exact) mass is 409 g/mol. The van der Waals surface area contributed by atoms with Crippen LogP contribution in [0.15, 0.2) is 34.3 Å². The lowest BCUT2D eigenvalue weighted by Gasteiger charge is -2.37. The maximum absolute atomic E-state index is 9.03. The Bertz CT molecular complexity index is 672. The first-order valence-corrected chi connectivity index (χ1v) is 13.0. The van der Waals surface area contributed by atoms with Gasteiger partial charge in [0.25, 0.3) is 0 Å². The van der Waals surface area contributed by atoms with Gasteiger partial charge in [0.15, 0.2) is 8.32 Å². The van der Waals surface area contributed by atoms with E-state index in [-0.39, 0.29) is 22.7 Å². The first kappa shape index (κ1) is 22.3. The third-order valence-electron chi connectivity index (χ3n) is 5.44. The zero-order chi connectivity index (χ0) is 20.2. The van der Waals surface area contributed by atoms with E-state index in [1.54, 1.807) is 18.9 Å². The summed E-state index contributed by atoms with van der Waals surface area (Å²) in [4.78, 5) is 4.10. The fourth-order valence-electron chi connectivity index (χ4n) is 2.67. The molecule has 150 valence electrons. The Morgan fingerprint density at radius 2 is 1.89 bits per heavy atom. The van der Waals surface area contributed by atoms with Gasteiger partial charge in [0.2, 0.25) is 0 Å². The normalized spacial score (nSPS) is 26.0. The lowest BCUT2D eigenvalue weighted by atomic mass is 10.1. The molecule has 1 aliphatic heterocycles. The molecule has 1 fully saturated rings. The molecule has 0 amide bonds. The molecule has 1 saturated heterocycles. The van der Waals surface area contributed by atoms with Gasteiger partial charge in [-0.05, 0) is 42.7 Å². The molecular formula is C19H31N3O3SSi. The molecule has 6 nitrogen and oxygen atoms in total. The third-order valence-corrected chi connectivity index (χ3v) is 11.1. The van der Waals surface area contributed by atoms with Crippen LogP contribution >= 0.6 is 11.8 Å². The van der Waals surface area contributed by atoms with Crippen LogP contribution in [-0.2, 0) is 13.9 Å². The third kappa shape index (κ3) is 5.50. The molecule has 1 aromatic carbocycles. The summed E-state index contributed by atoms with van der Waals surface area (Å²) in [5.41, 5.74) is 9.92. The van der Waals surface area contributed by atoms with Crippen LogP contribution in [0.3, 0.4) is 0 Å². The Morgan fingerprint density at radius 1 is 1.26 bits per heavy atom. The topological polar surface area (TPSA) is 76.5 Å². The average molecular weight is 410 g/mol. The molecule has 0 spiro atoms. The highest BCUT2D eigenvalue weighted by molar-refractivity contribution is 7.99. The van der Waals surface area contributed by atoms with Crippen molar-refractivity contribution in [1.29, 1.82) is 0 Å². The molecule has 0 unspecified atom stereocenters. The Labute approximate surface area is 167 Å². The van der Waals surface area contributed by atoms with E-state index in [1.807, 2.05) is 0 Å². The van der Waals surface area contributed by atoms with Gasteiger partial charge in [0.1, 0.15) is 17.6 Å². The van der Waals surface area contributed by atoms with E-state index >= 15 is 0 Å². The Hall–Kier alpha value is -1.02. The number of azide groups is 1. The summed E-state index contributed by atoms with van der Waals surface area (Å²) in [6, 6.07) is 7.83. The first-order chi connectivity index (χ1) is 12.6. The average Bonchev–Trinajstić information content (AvgIpc) is 2.91. The molecule has 2 rings (SSSR count). The van der Waals surface area contributed by atoms with Gasteiger partial charge in [-0.15, -0.1) is 0 Å². The summed E-state index contributed by atoms with van der Waals surface area (Å²) in [5.74, 6) is 0. The fourth-order valence-corrected chi connectivity index (χ4v) is 4.79. The second-order valence-electron chi connectivity index (χ2n) is 8.44. The van der Waals surface area contributed by atoms with Gasteiger partial charge < -0.3 is 13.9 Å². The number of hydrogen-bond donors (Lipinski definition) is 0. The van der Waals surface area contributed by atoms with Gasteiger partial charge >= 0.3 is 0 Å². The van der Waals surface area contributed by atoms with Crippen molar-refractivity contribution in [1.82, 2.24) is 0 Å². The molecule has 0 N–H and O–H groups in total. The van der Waals surface area contributed by atoms with Crippen molar-refractivity contribution < 1.29 is 13.9 Å². The molecule has 1 aliphatic rings. The SMILES string of the molecule is CO[C@@H]1[C@@H](N=[N+]=[N-])[C@H](Sc2ccc(C)cc2)O[C@H]1CO[Si](C)(C)C(C)(C)C. The number of aryl methyl sites for hydroxylation is 1. The second-order valence-corrected chi connectivity index (χ2v) is 14.4. The highest BCUT2D eigenvalue weighted by atomic mass is 32.2. The first-order valence-electron chi connectivity index (χ1n) is 9.19. The summed E-state index contributed by atoms with van der Waals surface area (Å²) < 4.78 is 18.2. The molecule has 0 bridgehead atoms. The molecule has 0 radical (unpaired) electrons. The molecule has 1 heterocycles. The quantitative estimate of drug-likeness (QED) is 0.257. The van der Waals surface area contributed by atoms with Crippen LogP contribution in [0.5, 0.6) is 0 Å². The van der Waals surface area contributed by atoms with Crippen molar-refractivity contribution in [3.63, 3.8) is 0 Å². The largest absolute Gasteiger partial charge is 0.414 e. The van der Waals surface area contributed by atoms with E-state index in [0.29, 0.717) is 6.61 Å². The maximum atomic E-state index is 9.03. The van der Waals surface area contributed by atoms with E-state index in [1.165, 1.54) is 5.56 Å². The van der Waals surface area contributed by atoms with Crippen LogP contribution in [-0.4, -0.2) is 45.7 Å². The number of ether oxygens (including phenoxy) is 2. The summed E-state index contributed by atoms with van der Waals surface area (Å²) in [7, 11) is -0.272. The van der Waals surface area contributed by atoms with Crippen molar-refractivity contribution in [3.05, 3.63) is 40.3 Å². The van der Waals surface area contributed by atoms with Gasteiger partial charge in [0.05, 0.1) is 12.7 Å². The molecule has 27 heavy (non-hydrogen) atoms. The molecule has 0 aliphatic carbocycles. The summed E-state index contributed by atoms with van der Waals surface area (Å²) in [6.07, 6.45) is -0.587. The predicted octanol–water partition coefficient (Wildman–Crippen LogP) is 5.53. The number of thioether (sulfide) groups is 1. The molecule has 8 heteroatoms. The van der Waals surface area contributed by atoms with E-state index in [0.717, 1.165) is 4.90 Å². The molecular weight excluding hydrogens is 378 g/mol. The lowest BCUT2D eigenvalue weighted by molar-refractivity contribution is -0.0173. The van der Waals surface area contributed by atoms with E-state index in [4.69, 9.17) is 19.4 Å². The van der Waals surface area contributed by atoms with Crippen LogP contribution in [0.25, 0.3) is 10.4 Å². The van der Waals surface area contributed by atoms with E-state index in [2.05, 4.69) is 75.1 Å². The number of methoxy groups -OCH3 is 1. The van der Waals surface area contributed by atoms with Gasteiger partial charge in [-0.2, -0.15) is 0 Å². The number of nitrogens with zero attached hydrogens (tertiary/aromatic N) is 3. The summed E-state index contributed by atoms with van der Waals surface area (Å²) in [6.45, 7) is 13.6. The van der Waals surface area contributed by atoms with Crippen molar-refractivity contribution in [3.8, 4) is 0 Å². The van der Waals surface area contributed by atoms with Gasteiger partial charge in [-0.25, -0.2) is 0 Å². The molecule has 4 atom stereocenters. The Kier molecular flexibility index (Phi) is 7.41. The zero-order valence-electron chi connectivity index (χ0n) is 17.3. The predicted molar refractivity (Wildman–Crippen MR) is 113 cm³/mol. The summed E-state index contributed by atoms with van der Waals surface area (Å²) in [5, 5.41) is 4.10. The standard InChI is InChI=1S/C19H31N3O3SSi/c1-13-8-10-14(11-9-13)26-18-16(21-22-20)17(23-5)15(25-18)12-24-27(6,7)19(2,3)4/h8-11,15-18H,12H2,1-7H3/t15-,16+,17-,18-/m0/s1. The minimum absolute atomic E-state index is 0.119. The van der Waals surface area contributed by atoms with Crippen LogP contribution < -0.4 is 0 Å². The lowest BCUT2D eigenvalue weighted by Crippen LogP contribution is -2.44. The van der Waals surface area contributed by atoms with Crippen molar-refractivity contribution >= 4 is 20.1 Å². The number of hydrogen-bond acceptors (Lipinski definition) is 5. The highest BCUT2D eigenvalue weighted by Gasteiger charge is 2.46. The Morgan fingerprint density at radius 3 is 2.41 bits per heavy atom. The number of benzene rings is 1. The Balaban J connectivity index is 2.14. The smallest absolute Gasteiger partial charge is 0.192 e.